The van der Waals surface area contributed by atoms with E-state index in [-0.39, 0.29) is 12.5 Å². The standard InChI is InChI=1S/C53H101NO3/c1-3-5-7-9-11-13-15-17-19-21-23-25-26-27-29-30-32-34-36-38-40-42-44-46-48-52(56)51(50-55)54-53(57)49-47-45-43-41-39-37-35-33-31-28-24-22-20-18-16-14-12-10-8-6-4-2/h16,18,22,24,46,48,51-52,55-56H,3-15,17,19-21,23,25-45,47,49-50H2,1-2H3,(H,54,57)/b18-16-,24-22-,48-46+. The number of aliphatic hydroxyl groups excluding tert-OH is 2. The first-order valence-electron chi connectivity index (χ1n) is 25.7. The maximum Gasteiger partial charge on any atom is 0.220 e. The van der Waals surface area contributed by atoms with E-state index in [1.807, 2.05) is 6.08 Å². The first-order valence-corrected chi connectivity index (χ1v) is 25.7. The molecule has 2 atom stereocenters. The summed E-state index contributed by atoms with van der Waals surface area (Å²) in [6.07, 6.45) is 65.6. The van der Waals surface area contributed by atoms with Crippen molar-refractivity contribution in [3.05, 3.63) is 36.5 Å². The number of hydrogen-bond acceptors (Lipinski definition) is 3. The van der Waals surface area contributed by atoms with Gasteiger partial charge in [-0.05, 0) is 51.4 Å². The van der Waals surface area contributed by atoms with Gasteiger partial charge in [0.05, 0.1) is 18.8 Å². The maximum atomic E-state index is 12.4. The van der Waals surface area contributed by atoms with Gasteiger partial charge >= 0.3 is 0 Å². The van der Waals surface area contributed by atoms with Crippen LogP contribution in [-0.4, -0.2) is 34.9 Å². The third kappa shape index (κ3) is 45.5. The van der Waals surface area contributed by atoms with Crippen LogP contribution in [0, 0.1) is 0 Å². The van der Waals surface area contributed by atoms with Gasteiger partial charge in [0.15, 0.2) is 0 Å². The molecule has 0 bridgehead atoms. The molecule has 0 rings (SSSR count). The summed E-state index contributed by atoms with van der Waals surface area (Å²) in [4.78, 5) is 12.4. The van der Waals surface area contributed by atoms with Gasteiger partial charge in [0.25, 0.3) is 0 Å². The van der Waals surface area contributed by atoms with Crippen molar-refractivity contribution < 1.29 is 15.0 Å². The van der Waals surface area contributed by atoms with Gasteiger partial charge < -0.3 is 15.5 Å². The number of aliphatic hydroxyl groups is 2. The zero-order valence-corrected chi connectivity index (χ0v) is 38.6. The molecule has 0 radical (unpaired) electrons. The van der Waals surface area contributed by atoms with Gasteiger partial charge in [-0.2, -0.15) is 0 Å². The minimum Gasteiger partial charge on any atom is -0.394 e. The van der Waals surface area contributed by atoms with Gasteiger partial charge in [-0.15, -0.1) is 0 Å². The monoisotopic (exact) mass is 800 g/mol. The van der Waals surface area contributed by atoms with Gasteiger partial charge in [0.2, 0.25) is 5.91 Å². The van der Waals surface area contributed by atoms with Gasteiger partial charge in [-0.3, -0.25) is 4.79 Å². The van der Waals surface area contributed by atoms with E-state index in [1.54, 1.807) is 6.08 Å². The number of carbonyl (C=O) groups excluding carboxylic acids is 1. The molecule has 0 saturated heterocycles. The third-order valence-electron chi connectivity index (χ3n) is 11.9. The van der Waals surface area contributed by atoms with Crippen molar-refractivity contribution in [2.75, 3.05) is 6.61 Å². The molecule has 0 aromatic heterocycles. The molecule has 0 heterocycles. The molecule has 57 heavy (non-hydrogen) atoms. The Morgan fingerprint density at radius 1 is 0.421 bits per heavy atom. The molecule has 0 aliphatic rings. The average molecular weight is 800 g/mol. The molecule has 0 aliphatic heterocycles. The van der Waals surface area contributed by atoms with Crippen LogP contribution in [0.2, 0.25) is 0 Å². The van der Waals surface area contributed by atoms with Crippen LogP contribution in [0.5, 0.6) is 0 Å². The zero-order valence-electron chi connectivity index (χ0n) is 38.6. The predicted molar refractivity (Wildman–Crippen MR) is 253 cm³/mol. The molecular formula is C53H101NO3. The lowest BCUT2D eigenvalue weighted by molar-refractivity contribution is -0.123. The molecule has 0 aromatic rings. The fourth-order valence-corrected chi connectivity index (χ4v) is 7.92. The second-order valence-electron chi connectivity index (χ2n) is 17.6. The first kappa shape index (κ1) is 55.6. The predicted octanol–water partition coefficient (Wildman–Crippen LogP) is 16.5. The second-order valence-corrected chi connectivity index (χ2v) is 17.6. The van der Waals surface area contributed by atoms with Crippen molar-refractivity contribution in [2.24, 2.45) is 0 Å². The van der Waals surface area contributed by atoms with Crippen LogP contribution in [0.25, 0.3) is 0 Å². The SMILES string of the molecule is CCCCCCC/C=C\C/C=C\CCCCCCCCCCCC(=O)NC(CO)C(O)/C=C/CCCCCCCCCCCCCCCCCCCCCCCC. The Kier molecular flexibility index (Phi) is 47.8. The zero-order chi connectivity index (χ0) is 41.4. The molecule has 4 heteroatoms. The smallest absolute Gasteiger partial charge is 0.220 e. The van der Waals surface area contributed by atoms with Crippen molar-refractivity contribution in [3.63, 3.8) is 0 Å². The molecular weight excluding hydrogens is 699 g/mol. The molecule has 336 valence electrons. The largest absolute Gasteiger partial charge is 0.394 e. The Bertz CT molecular complexity index is 866. The highest BCUT2D eigenvalue weighted by molar-refractivity contribution is 5.76. The summed E-state index contributed by atoms with van der Waals surface area (Å²) in [7, 11) is 0. The number of allylic oxidation sites excluding steroid dienone is 5. The molecule has 0 aliphatic carbocycles. The molecule has 3 N–H and O–H groups in total. The second kappa shape index (κ2) is 49.0. The summed E-state index contributed by atoms with van der Waals surface area (Å²) in [5, 5.41) is 23.1. The fraction of sp³-hybridized carbons (Fsp3) is 0.868. The molecule has 0 saturated carbocycles. The summed E-state index contributed by atoms with van der Waals surface area (Å²) < 4.78 is 0. The lowest BCUT2D eigenvalue weighted by Gasteiger charge is -2.20. The number of rotatable bonds is 47. The van der Waals surface area contributed by atoms with Crippen molar-refractivity contribution in [3.8, 4) is 0 Å². The van der Waals surface area contributed by atoms with E-state index in [1.165, 1.54) is 225 Å². The van der Waals surface area contributed by atoms with Crippen molar-refractivity contribution in [1.29, 1.82) is 0 Å². The van der Waals surface area contributed by atoms with Crippen molar-refractivity contribution in [1.82, 2.24) is 5.32 Å². The Labute approximate surface area is 357 Å². The summed E-state index contributed by atoms with van der Waals surface area (Å²) in [5.74, 6) is -0.0658. The highest BCUT2D eigenvalue weighted by Gasteiger charge is 2.18. The molecule has 2 unspecified atom stereocenters. The van der Waals surface area contributed by atoms with Gasteiger partial charge in [-0.25, -0.2) is 0 Å². The number of hydrogen-bond donors (Lipinski definition) is 3. The van der Waals surface area contributed by atoms with Crippen LogP contribution in [0.15, 0.2) is 36.5 Å². The van der Waals surface area contributed by atoms with Crippen molar-refractivity contribution >= 4 is 5.91 Å². The van der Waals surface area contributed by atoms with Crippen LogP contribution in [0.4, 0.5) is 0 Å². The molecule has 0 aromatic carbocycles. The van der Waals surface area contributed by atoms with E-state index in [4.69, 9.17) is 0 Å². The van der Waals surface area contributed by atoms with Crippen LogP contribution in [-0.2, 0) is 4.79 Å². The summed E-state index contributed by atoms with van der Waals surface area (Å²) in [6, 6.07) is -0.625. The van der Waals surface area contributed by atoms with E-state index >= 15 is 0 Å². The number of amides is 1. The molecule has 1 amide bonds. The van der Waals surface area contributed by atoms with E-state index in [9.17, 15) is 15.0 Å². The highest BCUT2D eigenvalue weighted by Crippen LogP contribution is 2.16. The summed E-state index contributed by atoms with van der Waals surface area (Å²) >= 11 is 0. The van der Waals surface area contributed by atoms with Crippen LogP contribution in [0.3, 0.4) is 0 Å². The Morgan fingerprint density at radius 3 is 1.05 bits per heavy atom. The van der Waals surface area contributed by atoms with E-state index in [0.717, 1.165) is 32.1 Å². The Morgan fingerprint density at radius 2 is 0.719 bits per heavy atom. The lowest BCUT2D eigenvalue weighted by atomic mass is 10.0. The first-order chi connectivity index (χ1) is 28.2. The van der Waals surface area contributed by atoms with E-state index < -0.39 is 12.1 Å². The minimum absolute atomic E-state index is 0.0658. The van der Waals surface area contributed by atoms with Crippen LogP contribution >= 0.6 is 0 Å². The fourth-order valence-electron chi connectivity index (χ4n) is 7.92. The van der Waals surface area contributed by atoms with Crippen LogP contribution < -0.4 is 5.32 Å². The van der Waals surface area contributed by atoms with E-state index in [0.29, 0.717) is 6.42 Å². The molecule has 4 nitrogen and oxygen atoms in total. The minimum atomic E-state index is -0.841. The normalized spacial score (nSPS) is 13.1. The highest BCUT2D eigenvalue weighted by atomic mass is 16.3. The van der Waals surface area contributed by atoms with Gasteiger partial charge in [0, 0.05) is 6.42 Å². The Balaban J connectivity index is 3.52. The van der Waals surface area contributed by atoms with Gasteiger partial charge in [0.1, 0.15) is 0 Å². The van der Waals surface area contributed by atoms with Crippen LogP contribution in [0.1, 0.15) is 277 Å². The number of unbranched alkanes of at least 4 members (excludes halogenated alkanes) is 36. The average Bonchev–Trinajstić information content (AvgIpc) is 3.22. The number of carbonyl (C=O) groups is 1. The maximum absolute atomic E-state index is 12.4. The third-order valence-corrected chi connectivity index (χ3v) is 11.9. The summed E-state index contributed by atoms with van der Waals surface area (Å²) in [5.41, 5.74) is 0. The topological polar surface area (TPSA) is 69.6 Å². The molecule has 0 fully saturated rings. The Hall–Kier alpha value is -1.39. The lowest BCUT2D eigenvalue weighted by Crippen LogP contribution is -2.45. The van der Waals surface area contributed by atoms with Crippen molar-refractivity contribution in [2.45, 2.75) is 289 Å². The van der Waals surface area contributed by atoms with E-state index in [2.05, 4.69) is 43.5 Å². The number of nitrogens with one attached hydrogen (secondary N) is 1. The summed E-state index contributed by atoms with van der Waals surface area (Å²) in [6.45, 7) is 4.32. The molecule has 0 spiro atoms. The van der Waals surface area contributed by atoms with Gasteiger partial charge in [-0.1, -0.05) is 256 Å². The quantitative estimate of drug-likeness (QED) is 0.0424.